The fraction of sp³-hybridized carbons (Fsp3) is 0.235. The van der Waals surface area contributed by atoms with Crippen molar-refractivity contribution in [2.45, 2.75) is 19.3 Å². The Morgan fingerprint density at radius 3 is 2.67 bits per heavy atom. The Labute approximate surface area is 123 Å². The van der Waals surface area contributed by atoms with Gasteiger partial charge in [0.2, 0.25) is 0 Å². The number of fused-ring (bicyclic) bond motifs is 1. The summed E-state index contributed by atoms with van der Waals surface area (Å²) in [6.07, 6.45) is 3.45. The van der Waals surface area contributed by atoms with Crippen molar-refractivity contribution < 1.29 is 9.53 Å². The fourth-order valence-corrected chi connectivity index (χ4v) is 2.55. The summed E-state index contributed by atoms with van der Waals surface area (Å²) < 4.78 is 5.55. The van der Waals surface area contributed by atoms with Crippen LogP contribution in [0.5, 0.6) is 5.75 Å². The van der Waals surface area contributed by atoms with Gasteiger partial charge in [-0.3, -0.25) is 4.79 Å². The average molecular weight is 282 g/mol. The molecule has 1 aliphatic carbocycles. The molecule has 3 N–H and O–H groups in total. The van der Waals surface area contributed by atoms with Crippen molar-refractivity contribution in [1.82, 2.24) is 0 Å². The quantitative estimate of drug-likeness (QED) is 0.847. The molecule has 0 radical (unpaired) electrons. The second-order valence-corrected chi connectivity index (χ2v) is 5.24. The third kappa shape index (κ3) is 3.34. The number of ether oxygens (including phenoxy) is 1. The normalized spacial score (nSPS) is 12.8. The van der Waals surface area contributed by atoms with E-state index in [4.69, 9.17) is 10.5 Å². The van der Waals surface area contributed by atoms with E-state index in [0.717, 1.165) is 18.6 Å². The van der Waals surface area contributed by atoms with Crippen molar-refractivity contribution in [3.8, 4) is 5.75 Å². The summed E-state index contributed by atoms with van der Waals surface area (Å²) in [6.45, 7) is 0.00314. The average Bonchev–Trinajstić information content (AvgIpc) is 2.95. The van der Waals surface area contributed by atoms with Gasteiger partial charge in [0.1, 0.15) is 5.75 Å². The standard InChI is InChI=1S/C17H18N2O2/c18-14-5-7-15(8-6-14)19-17(20)11-21-16-9-4-12-2-1-3-13(12)10-16/h4-10H,1-3,11,18H2,(H,19,20). The van der Waals surface area contributed by atoms with Crippen LogP contribution in [0.1, 0.15) is 17.5 Å². The Balaban J connectivity index is 1.55. The second kappa shape index (κ2) is 5.87. The van der Waals surface area contributed by atoms with E-state index >= 15 is 0 Å². The van der Waals surface area contributed by atoms with Crippen LogP contribution in [0.25, 0.3) is 0 Å². The molecule has 0 saturated carbocycles. The molecule has 0 bridgehead atoms. The zero-order valence-electron chi connectivity index (χ0n) is 11.8. The highest BCUT2D eigenvalue weighted by atomic mass is 16.5. The van der Waals surface area contributed by atoms with E-state index in [2.05, 4.69) is 11.4 Å². The minimum Gasteiger partial charge on any atom is -0.484 e. The molecule has 4 heteroatoms. The lowest BCUT2D eigenvalue weighted by Crippen LogP contribution is -2.20. The Kier molecular flexibility index (Phi) is 3.77. The maximum Gasteiger partial charge on any atom is 0.262 e. The minimum absolute atomic E-state index is 0.00314. The lowest BCUT2D eigenvalue weighted by molar-refractivity contribution is -0.118. The molecular formula is C17H18N2O2. The van der Waals surface area contributed by atoms with Crippen molar-refractivity contribution in [2.75, 3.05) is 17.7 Å². The van der Waals surface area contributed by atoms with E-state index in [9.17, 15) is 4.79 Å². The van der Waals surface area contributed by atoms with Crippen LogP contribution < -0.4 is 15.8 Å². The Morgan fingerprint density at radius 1 is 1.10 bits per heavy atom. The number of aryl methyl sites for hydroxylation is 2. The van der Waals surface area contributed by atoms with Gasteiger partial charge in [-0.15, -0.1) is 0 Å². The molecule has 0 saturated heterocycles. The Bertz CT molecular complexity index is 650. The monoisotopic (exact) mass is 282 g/mol. The molecule has 3 rings (SSSR count). The van der Waals surface area contributed by atoms with Crippen LogP contribution in [0.2, 0.25) is 0 Å². The third-order valence-electron chi connectivity index (χ3n) is 3.63. The van der Waals surface area contributed by atoms with Gasteiger partial charge in [0.05, 0.1) is 0 Å². The summed E-state index contributed by atoms with van der Waals surface area (Å²) >= 11 is 0. The van der Waals surface area contributed by atoms with Gasteiger partial charge in [0, 0.05) is 11.4 Å². The summed E-state index contributed by atoms with van der Waals surface area (Å²) in [5.41, 5.74) is 9.72. The molecule has 0 spiro atoms. The first kappa shape index (κ1) is 13.5. The molecule has 1 aliphatic rings. The van der Waals surface area contributed by atoms with Crippen LogP contribution in [0.4, 0.5) is 11.4 Å². The number of benzene rings is 2. The number of hydrogen-bond acceptors (Lipinski definition) is 3. The second-order valence-electron chi connectivity index (χ2n) is 5.24. The topological polar surface area (TPSA) is 64.3 Å². The van der Waals surface area contributed by atoms with Gasteiger partial charge in [-0.05, 0) is 66.8 Å². The predicted octanol–water partition coefficient (Wildman–Crippen LogP) is 2.78. The lowest BCUT2D eigenvalue weighted by Gasteiger charge is -2.09. The maximum atomic E-state index is 11.8. The van der Waals surface area contributed by atoms with Gasteiger partial charge in [-0.25, -0.2) is 0 Å². The summed E-state index contributed by atoms with van der Waals surface area (Å²) in [4.78, 5) is 11.8. The number of carbonyl (C=O) groups excluding carboxylic acids is 1. The van der Waals surface area contributed by atoms with Gasteiger partial charge in [0.25, 0.3) is 5.91 Å². The highest BCUT2D eigenvalue weighted by Crippen LogP contribution is 2.25. The number of hydrogen-bond donors (Lipinski definition) is 2. The molecule has 0 heterocycles. The molecule has 2 aromatic carbocycles. The van der Waals surface area contributed by atoms with Gasteiger partial charge >= 0.3 is 0 Å². The number of nitrogens with two attached hydrogens (primary N) is 1. The van der Waals surface area contributed by atoms with Crippen LogP contribution in [0.3, 0.4) is 0 Å². The van der Waals surface area contributed by atoms with Crippen LogP contribution in [0, 0.1) is 0 Å². The SMILES string of the molecule is Nc1ccc(NC(=O)COc2ccc3c(c2)CCC3)cc1. The molecule has 1 amide bonds. The minimum atomic E-state index is -0.180. The van der Waals surface area contributed by atoms with Crippen LogP contribution in [-0.4, -0.2) is 12.5 Å². The number of anilines is 2. The van der Waals surface area contributed by atoms with Crippen LogP contribution >= 0.6 is 0 Å². The summed E-state index contributed by atoms with van der Waals surface area (Å²) in [5.74, 6) is 0.573. The molecule has 0 aromatic heterocycles. The maximum absolute atomic E-state index is 11.8. The van der Waals surface area contributed by atoms with E-state index < -0.39 is 0 Å². The molecule has 108 valence electrons. The number of nitrogens with one attached hydrogen (secondary N) is 1. The summed E-state index contributed by atoms with van der Waals surface area (Å²) in [6, 6.07) is 13.1. The molecule has 21 heavy (non-hydrogen) atoms. The van der Waals surface area contributed by atoms with E-state index in [1.165, 1.54) is 17.5 Å². The number of rotatable bonds is 4. The molecular weight excluding hydrogens is 264 g/mol. The number of nitrogen functional groups attached to an aromatic ring is 1. The number of carbonyl (C=O) groups is 1. The molecule has 0 unspecified atom stereocenters. The molecule has 0 fully saturated rings. The van der Waals surface area contributed by atoms with Crippen molar-refractivity contribution in [2.24, 2.45) is 0 Å². The van der Waals surface area contributed by atoms with Crippen molar-refractivity contribution in [3.05, 3.63) is 53.6 Å². The Morgan fingerprint density at radius 2 is 1.86 bits per heavy atom. The number of amides is 1. The van der Waals surface area contributed by atoms with E-state index in [1.807, 2.05) is 12.1 Å². The first-order valence-electron chi connectivity index (χ1n) is 7.11. The molecule has 2 aromatic rings. The summed E-state index contributed by atoms with van der Waals surface area (Å²) in [5, 5.41) is 2.77. The zero-order valence-corrected chi connectivity index (χ0v) is 11.8. The van der Waals surface area contributed by atoms with Crippen LogP contribution in [-0.2, 0) is 17.6 Å². The Hall–Kier alpha value is -2.49. The molecule has 4 nitrogen and oxygen atoms in total. The smallest absolute Gasteiger partial charge is 0.262 e. The highest BCUT2D eigenvalue weighted by molar-refractivity contribution is 5.92. The van der Waals surface area contributed by atoms with Gasteiger partial charge in [-0.1, -0.05) is 6.07 Å². The third-order valence-corrected chi connectivity index (χ3v) is 3.63. The first-order valence-corrected chi connectivity index (χ1v) is 7.11. The van der Waals surface area contributed by atoms with E-state index in [-0.39, 0.29) is 12.5 Å². The van der Waals surface area contributed by atoms with Gasteiger partial charge in [0.15, 0.2) is 6.61 Å². The van der Waals surface area contributed by atoms with Crippen molar-refractivity contribution in [3.63, 3.8) is 0 Å². The van der Waals surface area contributed by atoms with Gasteiger partial charge < -0.3 is 15.8 Å². The summed E-state index contributed by atoms with van der Waals surface area (Å²) in [7, 11) is 0. The van der Waals surface area contributed by atoms with E-state index in [1.54, 1.807) is 24.3 Å². The first-order chi connectivity index (χ1) is 10.2. The van der Waals surface area contributed by atoms with Gasteiger partial charge in [-0.2, -0.15) is 0 Å². The largest absolute Gasteiger partial charge is 0.484 e. The van der Waals surface area contributed by atoms with Crippen molar-refractivity contribution >= 4 is 17.3 Å². The van der Waals surface area contributed by atoms with E-state index in [0.29, 0.717) is 11.4 Å². The highest BCUT2D eigenvalue weighted by Gasteiger charge is 2.11. The molecule has 0 atom stereocenters. The van der Waals surface area contributed by atoms with Crippen molar-refractivity contribution in [1.29, 1.82) is 0 Å². The van der Waals surface area contributed by atoms with Crippen LogP contribution in [0.15, 0.2) is 42.5 Å². The fourth-order valence-electron chi connectivity index (χ4n) is 2.55. The lowest BCUT2D eigenvalue weighted by atomic mass is 10.1. The predicted molar refractivity (Wildman–Crippen MR) is 83.4 cm³/mol. The molecule has 0 aliphatic heterocycles. The zero-order chi connectivity index (χ0) is 14.7.